The van der Waals surface area contributed by atoms with Crippen molar-refractivity contribution >= 4 is 0 Å². The third-order valence-corrected chi connectivity index (χ3v) is 3.01. The molecule has 0 amide bonds. The molecule has 3 nitrogen and oxygen atoms in total. The number of ether oxygens (including phenoxy) is 1. The fraction of sp³-hybridized carbons (Fsp3) is 0.188. The van der Waals surface area contributed by atoms with Crippen LogP contribution in [-0.4, -0.2) is 18.8 Å². The molecule has 0 radical (unpaired) electrons. The standard InChI is InChI=1S/C16H15NO2/c1-19-15-7-6-14(11-17)16(10-15)13-4-2-12(3-5-13)8-9-18/h2-7,10,18H,8-9H2,1H3. The van der Waals surface area contributed by atoms with Gasteiger partial charge in [0.2, 0.25) is 0 Å². The van der Waals surface area contributed by atoms with Gasteiger partial charge in [-0.15, -0.1) is 0 Å². The Morgan fingerprint density at radius 3 is 2.47 bits per heavy atom. The van der Waals surface area contributed by atoms with E-state index in [1.165, 1.54) is 0 Å². The molecule has 0 saturated heterocycles. The third kappa shape index (κ3) is 2.93. The largest absolute Gasteiger partial charge is 0.497 e. The van der Waals surface area contributed by atoms with Gasteiger partial charge in [-0.1, -0.05) is 24.3 Å². The Bertz CT molecular complexity index is 597. The van der Waals surface area contributed by atoms with Crippen molar-refractivity contribution in [1.29, 1.82) is 5.26 Å². The summed E-state index contributed by atoms with van der Waals surface area (Å²) in [5.41, 5.74) is 3.53. The molecule has 19 heavy (non-hydrogen) atoms. The number of nitrogens with zero attached hydrogens (tertiary/aromatic N) is 1. The van der Waals surface area contributed by atoms with Crippen LogP contribution in [0.25, 0.3) is 11.1 Å². The van der Waals surface area contributed by atoms with Crippen molar-refractivity contribution in [3.63, 3.8) is 0 Å². The summed E-state index contributed by atoms with van der Waals surface area (Å²) in [7, 11) is 1.61. The summed E-state index contributed by atoms with van der Waals surface area (Å²) in [6, 6.07) is 15.4. The smallest absolute Gasteiger partial charge is 0.119 e. The minimum absolute atomic E-state index is 0.141. The Balaban J connectivity index is 2.42. The number of aliphatic hydroxyl groups excluding tert-OH is 1. The molecule has 96 valence electrons. The summed E-state index contributed by atoms with van der Waals surface area (Å²) in [6.45, 7) is 0.141. The average Bonchev–Trinajstić information content (AvgIpc) is 2.47. The number of aliphatic hydroxyl groups is 1. The predicted octanol–water partition coefficient (Wildman–Crippen LogP) is 2.77. The zero-order valence-corrected chi connectivity index (χ0v) is 10.8. The van der Waals surface area contributed by atoms with Gasteiger partial charge in [-0.25, -0.2) is 0 Å². The van der Waals surface area contributed by atoms with Gasteiger partial charge in [0.05, 0.1) is 18.7 Å². The van der Waals surface area contributed by atoms with Gasteiger partial charge in [-0.2, -0.15) is 5.26 Å². The normalized spacial score (nSPS) is 9.95. The molecule has 0 aliphatic rings. The van der Waals surface area contributed by atoms with E-state index in [0.29, 0.717) is 12.0 Å². The van der Waals surface area contributed by atoms with E-state index >= 15 is 0 Å². The lowest BCUT2D eigenvalue weighted by Gasteiger charge is -2.08. The molecule has 0 saturated carbocycles. The molecule has 0 aromatic heterocycles. The molecule has 0 aliphatic carbocycles. The van der Waals surface area contributed by atoms with Gasteiger partial charge in [0.25, 0.3) is 0 Å². The van der Waals surface area contributed by atoms with Crippen LogP contribution >= 0.6 is 0 Å². The fourth-order valence-corrected chi connectivity index (χ4v) is 1.97. The Kier molecular flexibility index (Phi) is 4.17. The fourth-order valence-electron chi connectivity index (χ4n) is 1.97. The highest BCUT2D eigenvalue weighted by atomic mass is 16.5. The van der Waals surface area contributed by atoms with Gasteiger partial charge in [-0.3, -0.25) is 0 Å². The van der Waals surface area contributed by atoms with E-state index in [0.717, 1.165) is 22.4 Å². The second-order valence-electron chi connectivity index (χ2n) is 4.19. The molecule has 0 atom stereocenters. The van der Waals surface area contributed by atoms with Gasteiger partial charge >= 0.3 is 0 Å². The number of hydrogen-bond acceptors (Lipinski definition) is 3. The SMILES string of the molecule is COc1ccc(C#N)c(-c2ccc(CCO)cc2)c1. The van der Waals surface area contributed by atoms with Crippen LogP contribution in [0.5, 0.6) is 5.75 Å². The third-order valence-electron chi connectivity index (χ3n) is 3.01. The van der Waals surface area contributed by atoms with Crippen LogP contribution in [0.3, 0.4) is 0 Å². The van der Waals surface area contributed by atoms with E-state index in [1.54, 1.807) is 19.2 Å². The summed E-state index contributed by atoms with van der Waals surface area (Å²) >= 11 is 0. The molecule has 3 heteroatoms. The lowest BCUT2D eigenvalue weighted by Crippen LogP contribution is -1.91. The lowest BCUT2D eigenvalue weighted by atomic mass is 9.98. The van der Waals surface area contributed by atoms with Crippen molar-refractivity contribution in [3.8, 4) is 22.9 Å². The number of benzene rings is 2. The summed E-state index contributed by atoms with van der Waals surface area (Å²) < 4.78 is 5.20. The molecule has 0 aliphatic heterocycles. The molecule has 1 N–H and O–H groups in total. The van der Waals surface area contributed by atoms with E-state index in [2.05, 4.69) is 6.07 Å². The van der Waals surface area contributed by atoms with Crippen LogP contribution in [0.4, 0.5) is 0 Å². The minimum Gasteiger partial charge on any atom is -0.497 e. The highest BCUT2D eigenvalue weighted by Crippen LogP contribution is 2.28. The average molecular weight is 253 g/mol. The van der Waals surface area contributed by atoms with Crippen molar-refractivity contribution in [2.24, 2.45) is 0 Å². The molecular weight excluding hydrogens is 238 g/mol. The molecule has 0 heterocycles. The predicted molar refractivity (Wildman–Crippen MR) is 73.9 cm³/mol. The van der Waals surface area contributed by atoms with E-state index in [9.17, 15) is 0 Å². The quantitative estimate of drug-likeness (QED) is 0.911. The van der Waals surface area contributed by atoms with Gasteiger partial charge in [0, 0.05) is 12.2 Å². The topological polar surface area (TPSA) is 53.2 Å². The Hall–Kier alpha value is -2.31. The first kappa shape index (κ1) is 13.1. The molecule has 2 aromatic carbocycles. The summed E-state index contributed by atoms with van der Waals surface area (Å²) in [5, 5.41) is 18.1. The second-order valence-corrected chi connectivity index (χ2v) is 4.19. The van der Waals surface area contributed by atoms with Crippen molar-refractivity contribution in [1.82, 2.24) is 0 Å². The first-order chi connectivity index (χ1) is 9.28. The molecule has 0 fully saturated rings. The number of hydrogen-bond donors (Lipinski definition) is 1. The Morgan fingerprint density at radius 1 is 1.16 bits per heavy atom. The maximum absolute atomic E-state index is 9.16. The van der Waals surface area contributed by atoms with Crippen LogP contribution in [0.2, 0.25) is 0 Å². The molecule has 0 unspecified atom stereocenters. The lowest BCUT2D eigenvalue weighted by molar-refractivity contribution is 0.299. The Morgan fingerprint density at radius 2 is 1.89 bits per heavy atom. The number of rotatable bonds is 4. The van der Waals surface area contributed by atoms with Crippen molar-refractivity contribution < 1.29 is 9.84 Å². The highest BCUT2D eigenvalue weighted by Gasteiger charge is 2.06. The van der Waals surface area contributed by atoms with Gasteiger partial charge < -0.3 is 9.84 Å². The molecule has 2 aromatic rings. The van der Waals surface area contributed by atoms with Crippen LogP contribution in [0, 0.1) is 11.3 Å². The Labute approximate surface area is 112 Å². The number of methoxy groups -OCH3 is 1. The van der Waals surface area contributed by atoms with Crippen LogP contribution in [0.15, 0.2) is 42.5 Å². The zero-order chi connectivity index (χ0) is 13.7. The van der Waals surface area contributed by atoms with E-state index in [1.807, 2.05) is 30.3 Å². The molecule has 0 bridgehead atoms. The minimum atomic E-state index is 0.141. The van der Waals surface area contributed by atoms with Gasteiger partial charge in [0.1, 0.15) is 5.75 Å². The summed E-state index contributed by atoms with van der Waals surface area (Å²) in [6.07, 6.45) is 0.642. The first-order valence-electron chi connectivity index (χ1n) is 6.07. The van der Waals surface area contributed by atoms with Gasteiger partial charge in [-0.05, 0) is 35.7 Å². The summed E-state index contributed by atoms with van der Waals surface area (Å²) in [5.74, 6) is 0.730. The monoisotopic (exact) mass is 253 g/mol. The number of nitriles is 1. The van der Waals surface area contributed by atoms with E-state index in [-0.39, 0.29) is 6.61 Å². The summed E-state index contributed by atoms with van der Waals surface area (Å²) in [4.78, 5) is 0. The van der Waals surface area contributed by atoms with Crippen molar-refractivity contribution in [2.45, 2.75) is 6.42 Å². The second kappa shape index (κ2) is 6.03. The van der Waals surface area contributed by atoms with Crippen LogP contribution in [0.1, 0.15) is 11.1 Å². The van der Waals surface area contributed by atoms with Crippen LogP contribution < -0.4 is 4.74 Å². The van der Waals surface area contributed by atoms with Gasteiger partial charge in [0.15, 0.2) is 0 Å². The molecule has 0 spiro atoms. The zero-order valence-electron chi connectivity index (χ0n) is 10.8. The molecule has 2 rings (SSSR count). The van der Waals surface area contributed by atoms with Crippen molar-refractivity contribution in [3.05, 3.63) is 53.6 Å². The maximum Gasteiger partial charge on any atom is 0.119 e. The van der Waals surface area contributed by atoms with E-state index < -0.39 is 0 Å². The van der Waals surface area contributed by atoms with E-state index in [4.69, 9.17) is 15.1 Å². The van der Waals surface area contributed by atoms with Crippen LogP contribution in [-0.2, 0) is 6.42 Å². The highest BCUT2D eigenvalue weighted by molar-refractivity contribution is 5.72. The maximum atomic E-state index is 9.16. The molecular formula is C16H15NO2. The first-order valence-corrected chi connectivity index (χ1v) is 6.07. The van der Waals surface area contributed by atoms with Crippen molar-refractivity contribution in [2.75, 3.05) is 13.7 Å².